The number of fused-ring (bicyclic) bond motifs is 10. The van der Waals surface area contributed by atoms with Gasteiger partial charge in [-0.25, -0.2) is 8.78 Å². The summed E-state index contributed by atoms with van der Waals surface area (Å²) in [4.78, 5) is 1.77. The second-order valence-corrected chi connectivity index (χ2v) is 11.1. The zero-order chi connectivity index (χ0) is 24.0. The molecule has 0 saturated heterocycles. The molecule has 4 heterocycles. The smallest absolute Gasteiger partial charge is 0.252 e. The number of aryl methyl sites for hydroxylation is 1. The quantitative estimate of drug-likeness (QED) is 0.201. The Labute approximate surface area is 208 Å². The second-order valence-electron chi connectivity index (χ2n) is 11.1. The van der Waals surface area contributed by atoms with Crippen LogP contribution in [0.1, 0.15) is 36.8 Å². The number of aromatic nitrogens is 1. The zero-order valence-corrected chi connectivity index (χ0v) is 20.0. The molecule has 3 aliphatic heterocycles. The number of para-hydroxylation sites is 2. The Hall–Kier alpha value is -3.60. The molecule has 0 N–H and O–H groups in total. The molecule has 2 nitrogen and oxygen atoms in total. The van der Waals surface area contributed by atoms with Gasteiger partial charge in [-0.15, -0.1) is 0 Å². The molecule has 9 rings (SSSR count). The molecule has 4 aromatic carbocycles. The van der Waals surface area contributed by atoms with Crippen molar-refractivity contribution in [1.82, 2.24) is 4.57 Å². The monoisotopic (exact) mass is 472 g/mol. The van der Waals surface area contributed by atoms with E-state index in [4.69, 9.17) is 0 Å². The van der Waals surface area contributed by atoms with Crippen LogP contribution in [0, 0.1) is 6.92 Å². The maximum atomic E-state index is 17.3. The van der Waals surface area contributed by atoms with Crippen LogP contribution in [-0.2, 0) is 5.67 Å². The van der Waals surface area contributed by atoms with Gasteiger partial charge in [0, 0.05) is 45.3 Å². The van der Waals surface area contributed by atoms with Crippen LogP contribution in [-0.4, -0.2) is 17.1 Å². The number of hydrogen-bond acceptors (Lipinski definition) is 1. The minimum atomic E-state index is -2.07. The van der Waals surface area contributed by atoms with Crippen LogP contribution >= 0.6 is 0 Å². The molecule has 0 radical (unpaired) electrons. The first-order chi connectivity index (χ1) is 17.5. The fourth-order valence-corrected chi connectivity index (χ4v) is 8.05. The average Bonchev–Trinajstić information content (AvgIpc) is 3.33. The first-order valence-electron chi connectivity index (χ1n) is 13.0. The van der Waals surface area contributed by atoms with E-state index in [9.17, 15) is 0 Å². The van der Waals surface area contributed by atoms with Gasteiger partial charge in [0.1, 0.15) is 0 Å². The number of benzene rings is 4. The Morgan fingerprint density at radius 2 is 1.58 bits per heavy atom. The van der Waals surface area contributed by atoms with Crippen molar-refractivity contribution in [1.29, 1.82) is 0 Å². The SMILES string of the molecule is Cc1cc2c3c(c1)C1(F)CCCCC1(F)N3c1cccc3c1B2c1cccc2c4ccccc4n-3c12. The predicted octanol–water partition coefficient (Wildman–Crippen LogP) is 5.79. The van der Waals surface area contributed by atoms with Gasteiger partial charge in [-0.3, -0.25) is 0 Å². The van der Waals surface area contributed by atoms with E-state index in [1.807, 2.05) is 25.1 Å². The van der Waals surface area contributed by atoms with Gasteiger partial charge in [0.05, 0.1) is 5.52 Å². The minimum Gasteiger partial charge on any atom is -0.310 e. The number of halogens is 2. The molecule has 1 aliphatic carbocycles. The number of alkyl halides is 2. The lowest BCUT2D eigenvalue weighted by molar-refractivity contribution is -0.0615. The third-order valence-corrected chi connectivity index (χ3v) is 9.35. The number of anilines is 2. The standard InChI is InChI=1S/C31H23BF2N2/c1-18-16-21-29-23(17-18)32-22-10-6-9-20-19-8-2-3-11-24(19)35(28(20)22)25-12-7-13-26(27(25)32)36(29)31(34)15-5-4-14-30(21,31)33/h2-3,6-13,16-17H,4-5,14-15H2,1H3. The molecule has 0 spiro atoms. The fourth-order valence-electron chi connectivity index (χ4n) is 8.05. The summed E-state index contributed by atoms with van der Waals surface area (Å²) in [5.74, 6) is -2.07. The third kappa shape index (κ3) is 1.91. The van der Waals surface area contributed by atoms with Gasteiger partial charge in [-0.2, -0.15) is 0 Å². The maximum Gasteiger partial charge on any atom is 0.252 e. The van der Waals surface area contributed by atoms with Crippen molar-refractivity contribution in [3.8, 4) is 5.69 Å². The van der Waals surface area contributed by atoms with Gasteiger partial charge in [-0.05, 0) is 60.8 Å². The maximum absolute atomic E-state index is 17.3. The Balaban J connectivity index is 1.50. The van der Waals surface area contributed by atoms with Crippen molar-refractivity contribution in [3.05, 3.63) is 83.9 Å². The summed E-state index contributed by atoms with van der Waals surface area (Å²) in [5, 5.41) is 2.44. The first-order valence-corrected chi connectivity index (χ1v) is 13.0. The molecular weight excluding hydrogens is 449 g/mol. The van der Waals surface area contributed by atoms with E-state index in [1.54, 1.807) is 4.90 Å². The third-order valence-electron chi connectivity index (χ3n) is 9.35. The van der Waals surface area contributed by atoms with E-state index in [0.29, 0.717) is 18.4 Å². The fraction of sp³-hybridized carbons (Fsp3) is 0.226. The van der Waals surface area contributed by atoms with Gasteiger partial charge in [0.15, 0.2) is 5.67 Å². The molecule has 5 heteroatoms. The molecule has 36 heavy (non-hydrogen) atoms. The Kier molecular flexibility index (Phi) is 3.28. The highest BCUT2D eigenvalue weighted by Crippen LogP contribution is 2.63. The molecule has 1 fully saturated rings. The Morgan fingerprint density at radius 1 is 0.806 bits per heavy atom. The van der Waals surface area contributed by atoms with Crippen LogP contribution in [0.2, 0.25) is 0 Å². The summed E-state index contributed by atoms with van der Waals surface area (Å²) < 4.78 is 36.6. The van der Waals surface area contributed by atoms with Crippen molar-refractivity contribution in [3.63, 3.8) is 0 Å². The molecule has 0 amide bonds. The first kappa shape index (κ1) is 19.6. The molecule has 174 valence electrons. The number of hydrogen-bond donors (Lipinski definition) is 0. The van der Waals surface area contributed by atoms with Crippen LogP contribution in [0.15, 0.2) is 72.8 Å². The van der Waals surface area contributed by atoms with Crippen LogP contribution < -0.4 is 21.3 Å². The van der Waals surface area contributed by atoms with Gasteiger partial charge in [0.25, 0.3) is 6.71 Å². The minimum absolute atomic E-state index is 0.0611. The highest BCUT2D eigenvalue weighted by atomic mass is 19.2. The largest absolute Gasteiger partial charge is 0.310 e. The molecule has 5 aromatic rings. The molecule has 1 saturated carbocycles. The lowest BCUT2D eigenvalue weighted by Crippen LogP contribution is -2.63. The number of rotatable bonds is 0. The van der Waals surface area contributed by atoms with E-state index in [1.165, 1.54) is 21.8 Å². The van der Waals surface area contributed by atoms with Crippen LogP contribution in [0.5, 0.6) is 0 Å². The lowest BCUT2D eigenvalue weighted by atomic mass is 9.33. The topological polar surface area (TPSA) is 8.17 Å². The van der Waals surface area contributed by atoms with Crippen molar-refractivity contribution in [2.75, 3.05) is 4.90 Å². The summed E-state index contributed by atoms with van der Waals surface area (Å²) in [6, 6.07) is 25.3. The lowest BCUT2D eigenvalue weighted by Gasteiger charge is -2.46. The van der Waals surface area contributed by atoms with Crippen LogP contribution in [0.3, 0.4) is 0 Å². The predicted molar refractivity (Wildman–Crippen MR) is 144 cm³/mol. The molecule has 4 aliphatic rings. The molecule has 2 atom stereocenters. The van der Waals surface area contributed by atoms with Crippen LogP contribution in [0.4, 0.5) is 20.2 Å². The van der Waals surface area contributed by atoms with Crippen molar-refractivity contribution < 1.29 is 8.78 Å². The summed E-state index contributed by atoms with van der Waals surface area (Å²) in [6.45, 7) is 1.96. The van der Waals surface area contributed by atoms with Gasteiger partial charge >= 0.3 is 0 Å². The molecule has 2 unspecified atom stereocenters. The molecular formula is C31H23BF2N2. The van der Waals surface area contributed by atoms with Gasteiger partial charge in [0.2, 0.25) is 5.79 Å². The summed E-state index contributed by atoms with van der Waals surface area (Å²) >= 11 is 0. The van der Waals surface area contributed by atoms with E-state index in [-0.39, 0.29) is 19.6 Å². The van der Waals surface area contributed by atoms with Gasteiger partial charge in [-0.1, -0.05) is 60.2 Å². The van der Waals surface area contributed by atoms with Crippen molar-refractivity contribution in [2.24, 2.45) is 0 Å². The number of nitrogens with zero attached hydrogens (tertiary/aromatic N) is 2. The van der Waals surface area contributed by atoms with Gasteiger partial charge < -0.3 is 9.47 Å². The normalized spacial score (nSPS) is 24.8. The summed E-state index contributed by atoms with van der Waals surface area (Å²) in [7, 11) is 0. The van der Waals surface area contributed by atoms with Crippen molar-refractivity contribution >= 4 is 56.3 Å². The summed E-state index contributed by atoms with van der Waals surface area (Å²) in [6.07, 6.45) is 1.85. The highest BCUT2D eigenvalue weighted by molar-refractivity contribution is 7.00. The second kappa shape index (κ2) is 6.03. The van der Waals surface area contributed by atoms with Crippen LogP contribution in [0.25, 0.3) is 27.5 Å². The Morgan fingerprint density at radius 3 is 2.50 bits per heavy atom. The van der Waals surface area contributed by atoms with E-state index in [2.05, 4.69) is 59.2 Å². The molecule has 0 bridgehead atoms. The summed E-state index contributed by atoms with van der Waals surface area (Å²) in [5.41, 5.74) is 7.91. The van der Waals surface area contributed by atoms with E-state index >= 15 is 8.78 Å². The van der Waals surface area contributed by atoms with E-state index in [0.717, 1.165) is 39.1 Å². The van der Waals surface area contributed by atoms with Crippen molar-refractivity contribution in [2.45, 2.75) is 44.1 Å². The van der Waals surface area contributed by atoms with E-state index < -0.39 is 11.5 Å². The zero-order valence-electron chi connectivity index (χ0n) is 20.0. The average molecular weight is 472 g/mol. The Bertz CT molecular complexity index is 1820. The highest BCUT2D eigenvalue weighted by Gasteiger charge is 2.67. The molecule has 1 aromatic heterocycles.